The van der Waals surface area contributed by atoms with Crippen LogP contribution in [0.4, 0.5) is 0 Å². The Bertz CT molecular complexity index is 532. The number of aromatic nitrogens is 3. The van der Waals surface area contributed by atoms with Crippen LogP contribution in [0, 0.1) is 0 Å². The highest BCUT2D eigenvalue weighted by Crippen LogP contribution is 2.39. The lowest BCUT2D eigenvalue weighted by atomic mass is 10.2. The maximum Gasteiger partial charge on any atom is 0.165 e. The second-order valence-corrected chi connectivity index (χ2v) is 4.76. The van der Waals surface area contributed by atoms with Crippen molar-refractivity contribution in [2.75, 3.05) is 0 Å². The summed E-state index contributed by atoms with van der Waals surface area (Å²) in [6.45, 7) is 0. The predicted octanol–water partition coefficient (Wildman–Crippen LogP) is 3.59. The summed E-state index contributed by atoms with van der Waals surface area (Å²) in [6.07, 6.45) is 4.14. The standard InChI is InChI=1S/C11H9Cl2N3/c12-7-1-4-9(10(13)5-7)11-15-14-6-16(11)8-2-3-8/h1,4-6,8H,2-3H2. The van der Waals surface area contributed by atoms with E-state index < -0.39 is 0 Å². The lowest BCUT2D eigenvalue weighted by Gasteiger charge is -2.06. The van der Waals surface area contributed by atoms with Crippen LogP contribution >= 0.6 is 23.2 Å². The monoisotopic (exact) mass is 253 g/mol. The maximum atomic E-state index is 6.15. The molecule has 1 aromatic carbocycles. The molecule has 3 nitrogen and oxygen atoms in total. The normalized spacial score (nSPS) is 15.4. The summed E-state index contributed by atoms with van der Waals surface area (Å²) < 4.78 is 2.08. The van der Waals surface area contributed by atoms with Crippen LogP contribution in [0.2, 0.25) is 10.0 Å². The van der Waals surface area contributed by atoms with Gasteiger partial charge in [0, 0.05) is 16.6 Å². The van der Waals surface area contributed by atoms with Gasteiger partial charge >= 0.3 is 0 Å². The van der Waals surface area contributed by atoms with Crippen LogP contribution in [0.15, 0.2) is 24.5 Å². The second kappa shape index (κ2) is 3.75. The van der Waals surface area contributed by atoms with E-state index in [4.69, 9.17) is 23.2 Å². The van der Waals surface area contributed by atoms with Gasteiger partial charge in [0.25, 0.3) is 0 Å². The molecular weight excluding hydrogens is 245 g/mol. The molecule has 1 aromatic heterocycles. The van der Waals surface area contributed by atoms with Crippen molar-refractivity contribution in [3.05, 3.63) is 34.6 Å². The third-order valence-corrected chi connectivity index (χ3v) is 3.23. The first-order valence-electron chi connectivity index (χ1n) is 5.10. The molecule has 0 spiro atoms. The fourth-order valence-corrected chi connectivity index (χ4v) is 2.22. The van der Waals surface area contributed by atoms with Gasteiger partial charge in [-0.15, -0.1) is 10.2 Å². The second-order valence-electron chi connectivity index (χ2n) is 3.92. The molecule has 0 unspecified atom stereocenters. The highest BCUT2D eigenvalue weighted by atomic mass is 35.5. The van der Waals surface area contributed by atoms with Crippen molar-refractivity contribution >= 4 is 23.2 Å². The van der Waals surface area contributed by atoms with E-state index in [0.29, 0.717) is 16.1 Å². The molecule has 0 saturated heterocycles. The first-order chi connectivity index (χ1) is 7.75. The molecule has 1 saturated carbocycles. The lowest BCUT2D eigenvalue weighted by Crippen LogP contribution is -1.96. The van der Waals surface area contributed by atoms with Gasteiger partial charge in [-0.25, -0.2) is 0 Å². The van der Waals surface area contributed by atoms with E-state index in [1.165, 1.54) is 12.8 Å². The van der Waals surface area contributed by atoms with Crippen molar-refractivity contribution in [3.63, 3.8) is 0 Å². The SMILES string of the molecule is Clc1ccc(-c2nncn2C2CC2)c(Cl)c1. The molecule has 82 valence electrons. The topological polar surface area (TPSA) is 30.7 Å². The maximum absolute atomic E-state index is 6.15. The first kappa shape index (κ1) is 10.1. The van der Waals surface area contributed by atoms with E-state index in [1.807, 2.05) is 12.1 Å². The third kappa shape index (κ3) is 1.70. The van der Waals surface area contributed by atoms with Crippen molar-refractivity contribution in [1.29, 1.82) is 0 Å². The van der Waals surface area contributed by atoms with E-state index in [0.717, 1.165) is 11.4 Å². The van der Waals surface area contributed by atoms with Crippen LogP contribution in [0.25, 0.3) is 11.4 Å². The number of hydrogen-bond donors (Lipinski definition) is 0. The first-order valence-corrected chi connectivity index (χ1v) is 5.86. The van der Waals surface area contributed by atoms with Crippen LogP contribution in [0.1, 0.15) is 18.9 Å². The van der Waals surface area contributed by atoms with E-state index in [9.17, 15) is 0 Å². The zero-order valence-electron chi connectivity index (χ0n) is 8.40. The zero-order valence-corrected chi connectivity index (χ0v) is 9.91. The Hall–Kier alpha value is -1.06. The summed E-state index contributed by atoms with van der Waals surface area (Å²) in [5.41, 5.74) is 0.885. The Kier molecular flexibility index (Phi) is 2.37. The molecule has 1 heterocycles. The highest BCUT2D eigenvalue weighted by Gasteiger charge is 2.27. The van der Waals surface area contributed by atoms with E-state index in [1.54, 1.807) is 12.4 Å². The average molecular weight is 254 g/mol. The van der Waals surface area contributed by atoms with E-state index >= 15 is 0 Å². The van der Waals surface area contributed by atoms with Gasteiger partial charge < -0.3 is 4.57 Å². The number of benzene rings is 1. The fourth-order valence-electron chi connectivity index (χ4n) is 1.73. The number of hydrogen-bond acceptors (Lipinski definition) is 2. The van der Waals surface area contributed by atoms with Gasteiger partial charge in [-0.05, 0) is 31.0 Å². The molecule has 3 rings (SSSR count). The van der Waals surface area contributed by atoms with Gasteiger partial charge in [-0.1, -0.05) is 23.2 Å². The Morgan fingerprint density at radius 1 is 1.25 bits per heavy atom. The largest absolute Gasteiger partial charge is 0.310 e. The minimum absolute atomic E-state index is 0.539. The van der Waals surface area contributed by atoms with Crippen LogP contribution in [-0.2, 0) is 0 Å². The van der Waals surface area contributed by atoms with E-state index in [2.05, 4.69) is 14.8 Å². The third-order valence-electron chi connectivity index (χ3n) is 2.69. The molecule has 2 aromatic rings. The van der Waals surface area contributed by atoms with Crippen LogP contribution in [-0.4, -0.2) is 14.8 Å². The van der Waals surface area contributed by atoms with Crippen LogP contribution in [0.5, 0.6) is 0 Å². The summed E-state index contributed by atoms with van der Waals surface area (Å²) in [6, 6.07) is 5.96. The van der Waals surface area contributed by atoms with Crippen molar-refractivity contribution in [2.45, 2.75) is 18.9 Å². The Balaban J connectivity index is 2.10. The summed E-state index contributed by atoms with van der Waals surface area (Å²) in [5.74, 6) is 0.823. The molecule has 0 radical (unpaired) electrons. The molecule has 1 aliphatic carbocycles. The molecule has 0 bridgehead atoms. The number of halogens is 2. The van der Waals surface area contributed by atoms with Gasteiger partial charge in [0.05, 0.1) is 5.02 Å². The summed E-state index contributed by atoms with van der Waals surface area (Å²) in [5, 5.41) is 9.31. The fraction of sp³-hybridized carbons (Fsp3) is 0.273. The van der Waals surface area contributed by atoms with E-state index in [-0.39, 0.29) is 0 Å². The molecule has 0 aliphatic heterocycles. The molecular formula is C11H9Cl2N3. The molecule has 0 amide bonds. The van der Waals surface area contributed by atoms with Crippen molar-refractivity contribution in [1.82, 2.24) is 14.8 Å². The van der Waals surface area contributed by atoms with Crippen molar-refractivity contribution in [3.8, 4) is 11.4 Å². The molecule has 0 N–H and O–H groups in total. The molecule has 1 aliphatic rings. The highest BCUT2D eigenvalue weighted by molar-refractivity contribution is 6.36. The Morgan fingerprint density at radius 3 is 2.75 bits per heavy atom. The van der Waals surface area contributed by atoms with Gasteiger partial charge in [0.2, 0.25) is 0 Å². The zero-order chi connectivity index (χ0) is 11.1. The number of nitrogens with zero attached hydrogens (tertiary/aromatic N) is 3. The number of rotatable bonds is 2. The summed E-state index contributed by atoms with van der Waals surface area (Å²) >= 11 is 12.0. The van der Waals surface area contributed by atoms with Gasteiger partial charge in [-0.2, -0.15) is 0 Å². The molecule has 5 heteroatoms. The van der Waals surface area contributed by atoms with Gasteiger partial charge in [-0.3, -0.25) is 0 Å². The molecule has 0 atom stereocenters. The quantitative estimate of drug-likeness (QED) is 0.819. The Labute approximate surface area is 103 Å². The predicted molar refractivity (Wildman–Crippen MR) is 63.7 cm³/mol. The lowest BCUT2D eigenvalue weighted by molar-refractivity contribution is 0.746. The van der Waals surface area contributed by atoms with Crippen LogP contribution in [0.3, 0.4) is 0 Å². The summed E-state index contributed by atoms with van der Waals surface area (Å²) in [4.78, 5) is 0. The van der Waals surface area contributed by atoms with Crippen molar-refractivity contribution < 1.29 is 0 Å². The molecule has 16 heavy (non-hydrogen) atoms. The van der Waals surface area contributed by atoms with Crippen molar-refractivity contribution in [2.24, 2.45) is 0 Å². The average Bonchev–Trinajstić information content (AvgIpc) is 2.98. The Morgan fingerprint density at radius 2 is 2.06 bits per heavy atom. The van der Waals surface area contributed by atoms with Gasteiger partial charge in [0.15, 0.2) is 5.82 Å². The summed E-state index contributed by atoms with van der Waals surface area (Å²) in [7, 11) is 0. The smallest absolute Gasteiger partial charge is 0.165 e. The van der Waals surface area contributed by atoms with Crippen LogP contribution < -0.4 is 0 Å². The minimum atomic E-state index is 0.539. The molecule has 1 fully saturated rings. The minimum Gasteiger partial charge on any atom is -0.310 e. The van der Waals surface area contributed by atoms with Gasteiger partial charge in [0.1, 0.15) is 6.33 Å².